The number of carbonyl (C=O) groups excluding carboxylic acids is 3. The lowest BCUT2D eigenvalue weighted by atomic mass is 10.1. The molecule has 0 fully saturated rings. The van der Waals surface area contributed by atoms with Crippen molar-refractivity contribution in [1.82, 2.24) is 19.5 Å². The number of rotatable bonds is 7. The minimum Gasteiger partial charge on any atom is -0.468 e. The number of aromatic nitrogens is 4. The average Bonchev–Trinajstić information content (AvgIpc) is 2.65. The summed E-state index contributed by atoms with van der Waals surface area (Å²) in [6.45, 7) is 3.08. The maximum atomic E-state index is 12.4. The van der Waals surface area contributed by atoms with Crippen LogP contribution in [-0.4, -0.2) is 57.2 Å². The van der Waals surface area contributed by atoms with E-state index < -0.39 is 35.7 Å². The van der Waals surface area contributed by atoms with Crippen molar-refractivity contribution in [3.8, 4) is 6.01 Å². The highest BCUT2D eigenvalue weighted by Gasteiger charge is 2.32. The van der Waals surface area contributed by atoms with Crippen LogP contribution in [-0.2, 0) is 35.6 Å². The van der Waals surface area contributed by atoms with Gasteiger partial charge in [0.25, 0.3) is 5.56 Å². The highest BCUT2D eigenvalue weighted by molar-refractivity contribution is 5.70. The summed E-state index contributed by atoms with van der Waals surface area (Å²) in [5.41, 5.74) is -0.559. The zero-order valence-electron chi connectivity index (χ0n) is 16.5. The summed E-state index contributed by atoms with van der Waals surface area (Å²) in [6, 6.07) is -0.00515. The summed E-state index contributed by atoms with van der Waals surface area (Å²) in [4.78, 5) is 59.0. The molecule has 29 heavy (non-hydrogen) atoms. The van der Waals surface area contributed by atoms with Gasteiger partial charge in [-0.3, -0.25) is 23.7 Å². The monoisotopic (exact) mass is 408 g/mol. The van der Waals surface area contributed by atoms with Crippen LogP contribution in [0.4, 0.5) is 0 Å². The van der Waals surface area contributed by atoms with Crippen LogP contribution in [0.25, 0.3) is 11.2 Å². The fraction of sp³-hybridized carbons (Fsp3) is 0.471. The van der Waals surface area contributed by atoms with E-state index in [-0.39, 0.29) is 29.5 Å². The molecule has 0 aliphatic heterocycles. The summed E-state index contributed by atoms with van der Waals surface area (Å²) in [7, 11) is 2.79. The van der Waals surface area contributed by atoms with Crippen molar-refractivity contribution in [2.45, 2.75) is 33.0 Å². The van der Waals surface area contributed by atoms with Crippen LogP contribution in [0.2, 0.25) is 0 Å². The van der Waals surface area contributed by atoms with Crippen molar-refractivity contribution in [2.75, 3.05) is 13.7 Å². The molecule has 0 aliphatic carbocycles. The van der Waals surface area contributed by atoms with E-state index >= 15 is 0 Å². The molecule has 0 unspecified atom stereocenters. The fourth-order valence-corrected chi connectivity index (χ4v) is 2.45. The van der Waals surface area contributed by atoms with Crippen LogP contribution >= 0.6 is 0 Å². The van der Waals surface area contributed by atoms with Crippen LogP contribution in [0.3, 0.4) is 0 Å². The second kappa shape index (κ2) is 9.08. The first-order chi connectivity index (χ1) is 13.6. The van der Waals surface area contributed by atoms with Gasteiger partial charge in [0.15, 0.2) is 23.4 Å². The Morgan fingerprint density at radius 2 is 1.72 bits per heavy atom. The highest BCUT2D eigenvalue weighted by atomic mass is 16.6. The first-order valence-corrected chi connectivity index (χ1v) is 8.39. The molecule has 0 aliphatic rings. The quantitative estimate of drug-likeness (QED) is 0.444. The van der Waals surface area contributed by atoms with Crippen molar-refractivity contribution >= 4 is 29.1 Å². The molecule has 0 bridgehead atoms. The third-order valence-electron chi connectivity index (χ3n) is 3.64. The summed E-state index contributed by atoms with van der Waals surface area (Å²) in [5, 5.41) is 0. The Hall–Kier alpha value is -3.57. The minimum atomic E-state index is -1.26. The predicted octanol–water partition coefficient (Wildman–Crippen LogP) is -0.169. The molecule has 12 heteroatoms. The van der Waals surface area contributed by atoms with Gasteiger partial charge in [-0.05, 0) is 0 Å². The van der Waals surface area contributed by atoms with Gasteiger partial charge in [0.2, 0.25) is 0 Å². The van der Waals surface area contributed by atoms with Crippen molar-refractivity contribution in [2.24, 2.45) is 7.05 Å². The van der Waals surface area contributed by atoms with E-state index in [1.165, 1.54) is 27.3 Å². The lowest BCUT2D eigenvalue weighted by Crippen LogP contribution is -2.33. The molecule has 2 rings (SSSR count). The zero-order chi connectivity index (χ0) is 21.7. The van der Waals surface area contributed by atoms with Gasteiger partial charge in [-0.2, -0.15) is 4.98 Å². The maximum absolute atomic E-state index is 12.4. The van der Waals surface area contributed by atoms with Gasteiger partial charge in [0, 0.05) is 27.8 Å². The first kappa shape index (κ1) is 21.7. The molecule has 2 aromatic heterocycles. The highest BCUT2D eigenvalue weighted by Crippen LogP contribution is 2.24. The number of fused-ring (bicyclic) bond motifs is 1. The number of carbonyl (C=O) groups is 3. The van der Waals surface area contributed by atoms with Crippen LogP contribution in [0.5, 0.6) is 6.01 Å². The second-order valence-electron chi connectivity index (χ2n) is 5.91. The van der Waals surface area contributed by atoms with Gasteiger partial charge in [-0.25, -0.2) is 9.97 Å². The second-order valence-corrected chi connectivity index (χ2v) is 5.91. The number of hydrogen-bond acceptors (Lipinski definition) is 11. The Kier molecular flexibility index (Phi) is 6.80. The summed E-state index contributed by atoms with van der Waals surface area (Å²) in [5.74, 6) is -2.02. The van der Waals surface area contributed by atoms with Crippen molar-refractivity contribution in [3.05, 3.63) is 22.2 Å². The smallest absolute Gasteiger partial charge is 0.303 e. The van der Waals surface area contributed by atoms with Gasteiger partial charge >= 0.3 is 23.9 Å². The average molecular weight is 408 g/mol. The van der Waals surface area contributed by atoms with Gasteiger partial charge < -0.3 is 18.9 Å². The van der Waals surface area contributed by atoms with Gasteiger partial charge in [-0.1, -0.05) is 0 Å². The van der Waals surface area contributed by atoms with Gasteiger partial charge in [0.05, 0.1) is 13.3 Å². The Balaban J connectivity index is 2.57. The molecule has 0 aromatic carbocycles. The molecule has 2 atom stereocenters. The standard InChI is InChI=1S/C17H20N4O8/c1-8(22)27-7-12(28-9(2)23)14(29-10(3)24)11-6-18-13-15(19-11)20-17(26-5)21(4)16(13)25/h6,12,14H,7H2,1-5H3/t12-,14-/m1/s1. The molecular weight excluding hydrogens is 388 g/mol. The van der Waals surface area contributed by atoms with E-state index in [0.29, 0.717) is 0 Å². The Labute approximate surface area is 164 Å². The van der Waals surface area contributed by atoms with Crippen molar-refractivity contribution in [3.63, 3.8) is 0 Å². The fourth-order valence-electron chi connectivity index (χ4n) is 2.45. The van der Waals surface area contributed by atoms with Crippen LogP contribution in [0.15, 0.2) is 11.0 Å². The third-order valence-corrected chi connectivity index (χ3v) is 3.64. The number of hydrogen-bond donors (Lipinski definition) is 0. The topological polar surface area (TPSA) is 149 Å². The Bertz CT molecular complexity index is 1000. The summed E-state index contributed by atoms with van der Waals surface area (Å²) >= 11 is 0. The zero-order valence-corrected chi connectivity index (χ0v) is 16.5. The van der Waals surface area contributed by atoms with Crippen LogP contribution in [0, 0.1) is 0 Å². The predicted molar refractivity (Wildman–Crippen MR) is 95.8 cm³/mol. The molecule has 156 valence electrons. The van der Waals surface area contributed by atoms with Gasteiger partial charge in [-0.15, -0.1) is 0 Å². The van der Waals surface area contributed by atoms with E-state index in [4.69, 9.17) is 18.9 Å². The molecule has 2 heterocycles. The van der Waals surface area contributed by atoms with Crippen molar-refractivity contribution < 1.29 is 33.3 Å². The van der Waals surface area contributed by atoms with E-state index in [0.717, 1.165) is 18.4 Å². The Morgan fingerprint density at radius 1 is 1.07 bits per heavy atom. The molecule has 0 N–H and O–H groups in total. The van der Waals surface area contributed by atoms with Gasteiger partial charge in [0.1, 0.15) is 12.3 Å². The Morgan fingerprint density at radius 3 is 2.28 bits per heavy atom. The van der Waals surface area contributed by atoms with E-state index in [1.54, 1.807) is 0 Å². The van der Waals surface area contributed by atoms with E-state index in [9.17, 15) is 19.2 Å². The minimum absolute atomic E-state index is 0.00515. The largest absolute Gasteiger partial charge is 0.468 e. The first-order valence-electron chi connectivity index (χ1n) is 8.39. The molecule has 2 aromatic rings. The lowest BCUT2D eigenvalue weighted by Gasteiger charge is -2.25. The number of esters is 3. The molecule has 12 nitrogen and oxygen atoms in total. The third kappa shape index (κ3) is 5.24. The summed E-state index contributed by atoms with van der Waals surface area (Å²) < 4.78 is 21.5. The molecular formula is C17H20N4O8. The lowest BCUT2D eigenvalue weighted by molar-refractivity contribution is -0.174. The molecule has 0 saturated carbocycles. The number of ether oxygens (including phenoxy) is 4. The number of nitrogens with zero attached hydrogens (tertiary/aromatic N) is 4. The number of methoxy groups -OCH3 is 1. The maximum Gasteiger partial charge on any atom is 0.303 e. The molecule has 0 saturated heterocycles. The van der Waals surface area contributed by atoms with Crippen LogP contribution < -0.4 is 10.3 Å². The SMILES string of the molecule is COc1nc2nc([C@@H](OC(C)=O)[C@@H](COC(C)=O)OC(C)=O)cnc2c(=O)n1C. The van der Waals surface area contributed by atoms with E-state index in [2.05, 4.69) is 15.0 Å². The molecule has 0 amide bonds. The van der Waals surface area contributed by atoms with Crippen molar-refractivity contribution in [1.29, 1.82) is 0 Å². The normalized spacial score (nSPS) is 12.7. The molecule has 0 spiro atoms. The van der Waals surface area contributed by atoms with E-state index in [1.807, 2.05) is 0 Å². The molecule has 0 radical (unpaired) electrons. The van der Waals surface area contributed by atoms with Crippen LogP contribution in [0.1, 0.15) is 32.6 Å². The summed E-state index contributed by atoms with van der Waals surface area (Å²) in [6.07, 6.45) is -1.26.